The topological polar surface area (TPSA) is 113 Å². The van der Waals surface area contributed by atoms with E-state index < -0.39 is 11.8 Å². The summed E-state index contributed by atoms with van der Waals surface area (Å²) in [5, 5.41) is 6.09. The monoisotopic (exact) mass is 477 g/mol. The van der Waals surface area contributed by atoms with Crippen molar-refractivity contribution in [1.29, 1.82) is 0 Å². The highest BCUT2D eigenvalue weighted by atomic mass is 19.1. The molecule has 2 fully saturated rings. The molecule has 0 atom stereocenters. The second kappa shape index (κ2) is 8.42. The standard InChI is InChI=1S/C24H24FN7O3/c1-2-32-22-19-18(27-12-28-22)7-13(20(25)21(19)30-24(32)34)9-31-10-16(11-31)35-15-5-6-17(26-8-15)23(33)29-14-3-4-14/h5-8,12,14,16H,2-4,9-11H2,1H3,(H,29,33)(H,30,34). The average Bonchev–Trinajstić information content (AvgIpc) is 3.65. The molecule has 35 heavy (non-hydrogen) atoms. The third-order valence-electron chi connectivity index (χ3n) is 6.47. The van der Waals surface area contributed by atoms with Crippen LogP contribution in [0.1, 0.15) is 35.8 Å². The molecule has 6 rings (SSSR count). The molecular formula is C24H24FN7O3. The summed E-state index contributed by atoms with van der Waals surface area (Å²) in [5.74, 6) is 0.377. The van der Waals surface area contributed by atoms with Crippen LogP contribution in [-0.2, 0) is 6.54 Å². The van der Waals surface area contributed by atoms with Crippen molar-refractivity contribution in [2.45, 2.75) is 38.5 Å². The maximum Gasteiger partial charge on any atom is 0.327 e. The van der Waals surface area contributed by atoms with Gasteiger partial charge in [-0.05, 0) is 38.0 Å². The number of benzene rings is 1. The lowest BCUT2D eigenvalue weighted by molar-refractivity contribution is 0.0138. The summed E-state index contributed by atoms with van der Waals surface area (Å²) in [4.78, 5) is 40.7. The van der Waals surface area contributed by atoms with E-state index in [1.807, 2.05) is 6.92 Å². The number of pyridine rings is 1. The van der Waals surface area contributed by atoms with E-state index in [0.29, 0.717) is 59.9 Å². The van der Waals surface area contributed by atoms with Crippen molar-refractivity contribution in [3.8, 4) is 5.75 Å². The molecule has 180 valence electrons. The van der Waals surface area contributed by atoms with Gasteiger partial charge >= 0.3 is 6.03 Å². The van der Waals surface area contributed by atoms with Crippen molar-refractivity contribution < 1.29 is 18.7 Å². The van der Waals surface area contributed by atoms with Gasteiger partial charge in [0, 0.05) is 37.8 Å². The van der Waals surface area contributed by atoms with Gasteiger partial charge in [-0.25, -0.2) is 24.1 Å². The normalized spacial score (nSPS) is 17.8. The Morgan fingerprint density at radius 1 is 1.26 bits per heavy atom. The molecule has 1 saturated carbocycles. The van der Waals surface area contributed by atoms with Crippen LogP contribution in [0.15, 0.2) is 30.7 Å². The van der Waals surface area contributed by atoms with Gasteiger partial charge in [0.15, 0.2) is 5.82 Å². The number of aromatic nitrogens is 3. The smallest absolute Gasteiger partial charge is 0.327 e. The number of likely N-dealkylation sites (tertiary alicyclic amines) is 1. The Morgan fingerprint density at radius 2 is 2.09 bits per heavy atom. The van der Waals surface area contributed by atoms with Crippen LogP contribution in [0.5, 0.6) is 5.75 Å². The number of hydrogen-bond donors (Lipinski definition) is 2. The first-order valence-electron chi connectivity index (χ1n) is 11.7. The Morgan fingerprint density at radius 3 is 2.80 bits per heavy atom. The number of nitrogens with one attached hydrogen (secondary N) is 2. The number of carbonyl (C=O) groups is 2. The molecule has 2 aromatic heterocycles. The molecule has 1 aliphatic carbocycles. The van der Waals surface area contributed by atoms with Gasteiger partial charge in [-0.3, -0.25) is 14.6 Å². The Balaban J connectivity index is 1.11. The van der Waals surface area contributed by atoms with Crippen LogP contribution in [-0.4, -0.2) is 63.6 Å². The average molecular weight is 478 g/mol. The molecule has 11 heteroatoms. The van der Waals surface area contributed by atoms with Crippen LogP contribution in [0.3, 0.4) is 0 Å². The van der Waals surface area contributed by atoms with Gasteiger partial charge in [-0.2, -0.15) is 0 Å². The van der Waals surface area contributed by atoms with Crippen LogP contribution in [0.4, 0.5) is 20.7 Å². The Labute approximate surface area is 200 Å². The van der Waals surface area contributed by atoms with Crippen molar-refractivity contribution >= 4 is 34.3 Å². The number of nitrogens with zero attached hydrogens (tertiary/aromatic N) is 5. The lowest BCUT2D eigenvalue weighted by atomic mass is 10.0. The highest BCUT2D eigenvalue weighted by Gasteiger charge is 2.33. The summed E-state index contributed by atoms with van der Waals surface area (Å²) in [7, 11) is 0. The van der Waals surface area contributed by atoms with Crippen molar-refractivity contribution in [2.75, 3.05) is 29.9 Å². The van der Waals surface area contributed by atoms with Gasteiger partial charge in [0.1, 0.15) is 29.7 Å². The fourth-order valence-corrected chi connectivity index (χ4v) is 4.47. The first kappa shape index (κ1) is 21.7. The molecule has 4 heterocycles. The molecule has 3 amide bonds. The van der Waals surface area contributed by atoms with Crippen LogP contribution in [0.2, 0.25) is 0 Å². The lowest BCUT2D eigenvalue weighted by Crippen LogP contribution is -2.53. The number of carbonyl (C=O) groups excluding carboxylic acids is 2. The molecule has 0 unspecified atom stereocenters. The Kier molecular flexibility index (Phi) is 5.21. The molecular weight excluding hydrogens is 453 g/mol. The van der Waals surface area contributed by atoms with Crippen molar-refractivity contribution in [2.24, 2.45) is 0 Å². The molecule has 0 radical (unpaired) electrons. The number of rotatable bonds is 7. The zero-order valence-electron chi connectivity index (χ0n) is 19.1. The summed E-state index contributed by atoms with van der Waals surface area (Å²) < 4.78 is 21.3. The van der Waals surface area contributed by atoms with Crippen molar-refractivity contribution in [1.82, 2.24) is 25.2 Å². The van der Waals surface area contributed by atoms with E-state index in [2.05, 4.69) is 30.5 Å². The second-order valence-corrected chi connectivity index (χ2v) is 9.05. The first-order chi connectivity index (χ1) is 17.0. The highest BCUT2D eigenvalue weighted by molar-refractivity contribution is 6.17. The first-order valence-corrected chi connectivity index (χ1v) is 11.7. The summed E-state index contributed by atoms with van der Waals surface area (Å²) in [6.45, 7) is 3.84. The molecule has 1 aromatic carbocycles. The highest BCUT2D eigenvalue weighted by Crippen LogP contribution is 2.38. The molecule has 0 bridgehead atoms. The third kappa shape index (κ3) is 4.01. The SMILES string of the molecule is CCN1C(=O)Nc2c(F)c(CN3CC(Oc4ccc(C(=O)NC5CC5)nc4)C3)cc3ncnc1c23. The van der Waals surface area contributed by atoms with Crippen LogP contribution < -0.4 is 20.3 Å². The van der Waals surface area contributed by atoms with Gasteiger partial charge in [-0.1, -0.05) is 0 Å². The third-order valence-corrected chi connectivity index (χ3v) is 6.47. The Hall–Kier alpha value is -3.86. The fourth-order valence-electron chi connectivity index (χ4n) is 4.47. The zero-order valence-corrected chi connectivity index (χ0v) is 19.1. The van der Waals surface area contributed by atoms with Crippen LogP contribution in [0, 0.1) is 5.82 Å². The van der Waals surface area contributed by atoms with E-state index in [1.54, 1.807) is 24.4 Å². The summed E-state index contributed by atoms with van der Waals surface area (Å²) in [5.41, 5.74) is 1.54. The molecule has 3 aliphatic rings. The molecule has 10 nitrogen and oxygen atoms in total. The molecule has 0 spiro atoms. The fraction of sp³-hybridized carbons (Fsp3) is 0.375. The summed E-state index contributed by atoms with van der Waals surface area (Å²) in [6.07, 6.45) is 4.94. The minimum Gasteiger partial charge on any atom is -0.486 e. The second-order valence-electron chi connectivity index (χ2n) is 9.05. The zero-order chi connectivity index (χ0) is 24.1. The number of hydrogen-bond acceptors (Lipinski definition) is 7. The maximum atomic E-state index is 15.4. The number of ether oxygens (including phenoxy) is 1. The van der Waals surface area contributed by atoms with E-state index >= 15 is 4.39 Å². The minimum absolute atomic E-state index is 0.0587. The maximum absolute atomic E-state index is 15.4. The molecule has 1 saturated heterocycles. The van der Waals surface area contributed by atoms with Gasteiger partial charge in [0.2, 0.25) is 0 Å². The number of halogens is 1. The van der Waals surface area contributed by atoms with Crippen molar-refractivity contribution in [3.63, 3.8) is 0 Å². The van der Waals surface area contributed by atoms with Crippen LogP contribution >= 0.6 is 0 Å². The van der Waals surface area contributed by atoms with E-state index in [9.17, 15) is 9.59 Å². The quantitative estimate of drug-likeness (QED) is 0.538. The van der Waals surface area contributed by atoms with Gasteiger partial charge in [0.05, 0.1) is 22.8 Å². The predicted molar refractivity (Wildman–Crippen MR) is 126 cm³/mol. The van der Waals surface area contributed by atoms with E-state index in [1.165, 1.54) is 11.2 Å². The van der Waals surface area contributed by atoms with Crippen molar-refractivity contribution in [3.05, 3.63) is 47.8 Å². The number of amides is 3. The van der Waals surface area contributed by atoms with Crippen LogP contribution in [0.25, 0.3) is 10.9 Å². The molecule has 2 aliphatic heterocycles. The summed E-state index contributed by atoms with van der Waals surface area (Å²) in [6, 6.07) is 4.99. The largest absolute Gasteiger partial charge is 0.486 e. The van der Waals surface area contributed by atoms with Gasteiger partial charge in [-0.15, -0.1) is 0 Å². The van der Waals surface area contributed by atoms with E-state index in [4.69, 9.17) is 4.74 Å². The molecule has 2 N–H and O–H groups in total. The van der Waals surface area contributed by atoms with E-state index in [0.717, 1.165) is 12.8 Å². The minimum atomic E-state index is -0.466. The van der Waals surface area contributed by atoms with Gasteiger partial charge in [0.25, 0.3) is 5.91 Å². The summed E-state index contributed by atoms with van der Waals surface area (Å²) >= 11 is 0. The van der Waals surface area contributed by atoms with Gasteiger partial charge < -0.3 is 15.4 Å². The lowest BCUT2D eigenvalue weighted by Gasteiger charge is -2.39. The van der Waals surface area contributed by atoms with E-state index in [-0.39, 0.29) is 23.7 Å². The number of anilines is 2. The number of urea groups is 1. The Bertz CT molecular complexity index is 1320. The molecule has 3 aromatic rings. The predicted octanol–water partition coefficient (Wildman–Crippen LogP) is 2.69.